The summed E-state index contributed by atoms with van der Waals surface area (Å²) in [4.78, 5) is 7.43. The average Bonchev–Trinajstić information content (AvgIpc) is 2.83. The molecule has 17 heavy (non-hydrogen) atoms. The van der Waals surface area contributed by atoms with E-state index in [4.69, 9.17) is 0 Å². The van der Waals surface area contributed by atoms with Gasteiger partial charge in [0.25, 0.3) is 0 Å². The lowest BCUT2D eigenvalue weighted by atomic mass is 10.2. The summed E-state index contributed by atoms with van der Waals surface area (Å²) in [5.41, 5.74) is 4.40. The zero-order valence-corrected chi connectivity index (χ0v) is 11.0. The Balaban J connectivity index is 1.83. The quantitative estimate of drug-likeness (QED) is 0.880. The molecule has 0 aliphatic carbocycles. The van der Waals surface area contributed by atoms with Crippen molar-refractivity contribution in [1.82, 2.24) is 10.3 Å². The minimum absolute atomic E-state index is 0.889. The number of nitrogens with one attached hydrogen (secondary N) is 1. The van der Waals surface area contributed by atoms with Crippen LogP contribution in [-0.4, -0.2) is 19.1 Å². The predicted molar refractivity (Wildman–Crippen MR) is 73.4 cm³/mol. The van der Waals surface area contributed by atoms with E-state index in [1.807, 2.05) is 11.7 Å². The van der Waals surface area contributed by atoms with Gasteiger partial charge in [0.15, 0.2) is 0 Å². The van der Waals surface area contributed by atoms with Crippen LogP contribution in [0.5, 0.6) is 0 Å². The van der Waals surface area contributed by atoms with Gasteiger partial charge in [0.1, 0.15) is 0 Å². The topological polar surface area (TPSA) is 28.2 Å². The minimum Gasteiger partial charge on any atom is -0.378 e. The molecule has 1 aromatic heterocycles. The number of nitrogens with zero attached hydrogens (tertiary/aromatic N) is 2. The molecule has 0 saturated heterocycles. The van der Waals surface area contributed by atoms with Gasteiger partial charge < -0.3 is 10.2 Å². The van der Waals surface area contributed by atoms with E-state index in [2.05, 4.69) is 53.6 Å². The first-order valence-corrected chi connectivity index (χ1v) is 6.48. The van der Waals surface area contributed by atoms with Crippen molar-refractivity contribution in [2.45, 2.75) is 13.1 Å². The Morgan fingerprint density at radius 3 is 2.53 bits per heavy atom. The second-order valence-electron chi connectivity index (χ2n) is 4.13. The van der Waals surface area contributed by atoms with Crippen LogP contribution in [-0.2, 0) is 13.1 Å². The van der Waals surface area contributed by atoms with Gasteiger partial charge in [-0.25, -0.2) is 0 Å². The van der Waals surface area contributed by atoms with Crippen molar-refractivity contribution in [2.75, 3.05) is 19.0 Å². The Bertz CT molecular complexity index is 434. The molecule has 0 aliphatic heterocycles. The molecule has 1 heterocycles. The largest absolute Gasteiger partial charge is 0.378 e. The molecular weight excluding hydrogens is 230 g/mol. The van der Waals surface area contributed by atoms with Crippen LogP contribution in [0.4, 0.5) is 5.69 Å². The van der Waals surface area contributed by atoms with Crippen molar-refractivity contribution < 1.29 is 0 Å². The molecule has 0 saturated carbocycles. The Labute approximate surface area is 106 Å². The van der Waals surface area contributed by atoms with Crippen LogP contribution in [0.15, 0.2) is 36.0 Å². The molecule has 0 radical (unpaired) electrons. The second kappa shape index (κ2) is 5.80. The van der Waals surface area contributed by atoms with E-state index < -0.39 is 0 Å². The van der Waals surface area contributed by atoms with Gasteiger partial charge in [-0.1, -0.05) is 12.1 Å². The van der Waals surface area contributed by atoms with Gasteiger partial charge in [-0.05, 0) is 17.7 Å². The fraction of sp³-hybridized carbons (Fsp3) is 0.308. The number of aromatic nitrogens is 1. The fourth-order valence-corrected chi connectivity index (χ4v) is 2.14. The van der Waals surface area contributed by atoms with Gasteiger partial charge >= 0.3 is 0 Å². The highest BCUT2D eigenvalue weighted by molar-refractivity contribution is 7.09. The first-order valence-electron chi connectivity index (χ1n) is 5.60. The van der Waals surface area contributed by atoms with E-state index in [0.717, 1.165) is 13.1 Å². The summed E-state index contributed by atoms with van der Waals surface area (Å²) in [6.07, 6.45) is 1.91. The Kier molecular flexibility index (Phi) is 4.12. The lowest BCUT2D eigenvalue weighted by Gasteiger charge is -2.12. The Morgan fingerprint density at radius 2 is 1.94 bits per heavy atom. The molecule has 1 N–H and O–H groups in total. The summed E-state index contributed by atoms with van der Waals surface area (Å²) >= 11 is 1.68. The van der Waals surface area contributed by atoms with E-state index >= 15 is 0 Å². The predicted octanol–water partition coefficient (Wildman–Crippen LogP) is 2.50. The van der Waals surface area contributed by atoms with E-state index in [0.29, 0.717) is 0 Å². The average molecular weight is 247 g/mol. The monoisotopic (exact) mass is 247 g/mol. The van der Waals surface area contributed by atoms with Crippen LogP contribution in [0.2, 0.25) is 0 Å². The van der Waals surface area contributed by atoms with Crippen LogP contribution in [0.3, 0.4) is 0 Å². The highest BCUT2D eigenvalue weighted by Gasteiger charge is 1.97. The fourth-order valence-electron chi connectivity index (χ4n) is 1.57. The smallest absolute Gasteiger partial charge is 0.0794 e. The first kappa shape index (κ1) is 12.1. The number of rotatable bonds is 5. The molecule has 0 atom stereocenters. The number of benzene rings is 1. The van der Waals surface area contributed by atoms with E-state index in [1.165, 1.54) is 16.1 Å². The lowest BCUT2D eigenvalue weighted by Crippen LogP contribution is -2.12. The molecular formula is C13H17N3S. The second-order valence-corrected chi connectivity index (χ2v) is 5.10. The molecule has 0 spiro atoms. The molecule has 0 fully saturated rings. The number of hydrogen-bond donors (Lipinski definition) is 1. The van der Waals surface area contributed by atoms with Gasteiger partial charge in [0, 0.05) is 43.9 Å². The first-order chi connectivity index (χ1) is 8.25. The normalized spacial score (nSPS) is 10.5. The molecule has 0 bridgehead atoms. The molecule has 0 aliphatic rings. The summed E-state index contributed by atoms with van der Waals surface area (Å²) in [6.45, 7) is 1.78. The summed E-state index contributed by atoms with van der Waals surface area (Å²) in [5, 5.41) is 3.41. The molecule has 2 rings (SSSR count). The molecule has 2 aromatic rings. The van der Waals surface area contributed by atoms with Crippen LogP contribution < -0.4 is 10.2 Å². The van der Waals surface area contributed by atoms with Crippen molar-refractivity contribution in [3.8, 4) is 0 Å². The van der Waals surface area contributed by atoms with Crippen LogP contribution in [0.25, 0.3) is 0 Å². The third-order valence-electron chi connectivity index (χ3n) is 2.56. The van der Waals surface area contributed by atoms with E-state index in [1.54, 1.807) is 11.3 Å². The standard InChI is InChI=1S/C13H17N3S/c1-16(2)12-5-3-11(4-6-12)7-14-8-13-9-15-10-17-13/h3-6,9-10,14H,7-8H2,1-2H3. The van der Waals surface area contributed by atoms with Crippen molar-refractivity contribution in [2.24, 2.45) is 0 Å². The molecule has 0 unspecified atom stereocenters. The van der Waals surface area contributed by atoms with Gasteiger partial charge in [0.2, 0.25) is 0 Å². The third-order valence-corrected chi connectivity index (χ3v) is 3.34. The summed E-state index contributed by atoms with van der Waals surface area (Å²) in [6, 6.07) is 8.61. The van der Waals surface area contributed by atoms with Crippen LogP contribution in [0.1, 0.15) is 10.4 Å². The maximum atomic E-state index is 4.05. The maximum absolute atomic E-state index is 4.05. The summed E-state index contributed by atoms with van der Waals surface area (Å²) < 4.78 is 0. The van der Waals surface area contributed by atoms with Crippen molar-refractivity contribution in [3.63, 3.8) is 0 Å². The van der Waals surface area contributed by atoms with Gasteiger partial charge in [-0.15, -0.1) is 11.3 Å². The zero-order valence-electron chi connectivity index (χ0n) is 10.2. The van der Waals surface area contributed by atoms with Crippen molar-refractivity contribution >= 4 is 17.0 Å². The summed E-state index contributed by atoms with van der Waals surface area (Å²) in [7, 11) is 4.11. The SMILES string of the molecule is CN(C)c1ccc(CNCc2cncs2)cc1. The summed E-state index contributed by atoms with van der Waals surface area (Å²) in [5.74, 6) is 0. The lowest BCUT2D eigenvalue weighted by molar-refractivity contribution is 0.700. The van der Waals surface area contributed by atoms with Crippen LogP contribution in [0, 0.1) is 0 Å². The van der Waals surface area contributed by atoms with Gasteiger partial charge in [-0.3, -0.25) is 4.98 Å². The maximum Gasteiger partial charge on any atom is 0.0794 e. The Hall–Kier alpha value is -1.39. The molecule has 90 valence electrons. The number of thiazole rings is 1. The van der Waals surface area contributed by atoms with Gasteiger partial charge in [-0.2, -0.15) is 0 Å². The van der Waals surface area contributed by atoms with Crippen molar-refractivity contribution in [1.29, 1.82) is 0 Å². The van der Waals surface area contributed by atoms with E-state index in [9.17, 15) is 0 Å². The number of hydrogen-bond acceptors (Lipinski definition) is 4. The highest BCUT2D eigenvalue weighted by Crippen LogP contribution is 2.12. The van der Waals surface area contributed by atoms with Gasteiger partial charge in [0.05, 0.1) is 5.51 Å². The number of anilines is 1. The zero-order chi connectivity index (χ0) is 12.1. The van der Waals surface area contributed by atoms with Crippen LogP contribution >= 0.6 is 11.3 Å². The van der Waals surface area contributed by atoms with E-state index in [-0.39, 0.29) is 0 Å². The molecule has 0 amide bonds. The molecule has 3 nitrogen and oxygen atoms in total. The minimum atomic E-state index is 0.889. The van der Waals surface area contributed by atoms with Crippen molar-refractivity contribution in [3.05, 3.63) is 46.4 Å². The molecule has 1 aromatic carbocycles. The Morgan fingerprint density at radius 1 is 1.18 bits per heavy atom. The highest BCUT2D eigenvalue weighted by atomic mass is 32.1. The molecule has 4 heteroatoms. The third kappa shape index (κ3) is 3.54.